The average Bonchev–Trinajstić information content (AvgIpc) is 3.59. The summed E-state index contributed by atoms with van der Waals surface area (Å²) in [6.45, 7) is 9.10. The van der Waals surface area contributed by atoms with Crippen LogP contribution in [0.5, 0.6) is 11.8 Å². The van der Waals surface area contributed by atoms with Gasteiger partial charge in [0, 0.05) is 57.8 Å². The van der Waals surface area contributed by atoms with Gasteiger partial charge in [-0.1, -0.05) is 18.7 Å². The molecule has 3 N–H and O–H groups in total. The van der Waals surface area contributed by atoms with Gasteiger partial charge >= 0.3 is 6.01 Å². The van der Waals surface area contributed by atoms with Crippen LogP contribution in [0.2, 0.25) is 0 Å². The summed E-state index contributed by atoms with van der Waals surface area (Å²) in [5.74, 6) is -0.576. The van der Waals surface area contributed by atoms with Crippen molar-refractivity contribution in [2.75, 3.05) is 11.1 Å². The van der Waals surface area contributed by atoms with Crippen molar-refractivity contribution in [3.63, 3.8) is 0 Å². The van der Waals surface area contributed by atoms with Crippen molar-refractivity contribution in [3.8, 4) is 44.6 Å². The van der Waals surface area contributed by atoms with Gasteiger partial charge in [0.1, 0.15) is 11.5 Å². The van der Waals surface area contributed by atoms with Gasteiger partial charge in [0.2, 0.25) is 0 Å². The molecule has 0 fully saturated rings. The number of carbonyl (C=O) groups is 1. The Morgan fingerprint density at radius 2 is 1.91 bits per heavy atom. The maximum atomic E-state index is 15.6. The molecule has 0 spiro atoms. The van der Waals surface area contributed by atoms with Crippen LogP contribution in [0.15, 0.2) is 73.2 Å². The predicted molar refractivity (Wildman–Crippen MR) is 170 cm³/mol. The number of amides is 1. The number of benzene rings is 2. The third-order valence-corrected chi connectivity index (χ3v) is 8.18. The van der Waals surface area contributed by atoms with Crippen molar-refractivity contribution in [2.24, 2.45) is 7.05 Å². The van der Waals surface area contributed by atoms with Crippen LogP contribution in [0.25, 0.3) is 42.9 Å². The Kier molecular flexibility index (Phi) is 7.35. The minimum atomic E-state index is -0.593. The molecular formula is C32H27FN8O2S. The van der Waals surface area contributed by atoms with Gasteiger partial charge < -0.3 is 15.8 Å². The Balaban J connectivity index is 1.54. The van der Waals surface area contributed by atoms with E-state index in [4.69, 9.17) is 10.5 Å². The first kappa shape index (κ1) is 28.6. The summed E-state index contributed by atoms with van der Waals surface area (Å²) in [6.07, 6.45) is 4.89. The number of carbonyl (C=O) groups excluding carboxylic acids is 1. The number of hydrogen-bond acceptors (Lipinski definition) is 9. The molecule has 0 saturated carbocycles. The molecule has 4 heterocycles. The van der Waals surface area contributed by atoms with Gasteiger partial charge in [-0.25, -0.2) is 19.3 Å². The number of anilines is 2. The van der Waals surface area contributed by atoms with Gasteiger partial charge in [-0.15, -0.1) is 11.3 Å². The Bertz CT molecular complexity index is 2100. The third-order valence-electron chi connectivity index (χ3n) is 6.93. The second-order valence-corrected chi connectivity index (χ2v) is 11.3. The second-order valence-electron chi connectivity index (χ2n) is 10.3. The Morgan fingerprint density at radius 1 is 1.09 bits per heavy atom. The fourth-order valence-electron chi connectivity index (χ4n) is 4.79. The van der Waals surface area contributed by atoms with E-state index in [1.165, 1.54) is 22.2 Å². The minimum absolute atomic E-state index is 0.0134. The summed E-state index contributed by atoms with van der Waals surface area (Å²) < 4.78 is 22.1. The van der Waals surface area contributed by atoms with Gasteiger partial charge in [0.25, 0.3) is 5.91 Å². The SMILES string of the molecule is C=C(C)C(=O)Nc1ccc(-c2sc3c(-c4cnn(C)n4)cnc(N)c3c2-c2ccc(Oc3nccc(C)n3)c(F)c2)c(C)c1. The quantitative estimate of drug-likeness (QED) is 0.188. The molecule has 0 unspecified atom stereocenters. The van der Waals surface area contributed by atoms with E-state index in [2.05, 4.69) is 37.0 Å². The zero-order valence-corrected chi connectivity index (χ0v) is 25.2. The number of nitrogens with one attached hydrogen (secondary N) is 1. The van der Waals surface area contributed by atoms with Crippen LogP contribution in [0.3, 0.4) is 0 Å². The number of nitrogens with zero attached hydrogens (tertiary/aromatic N) is 6. The van der Waals surface area contributed by atoms with Crippen LogP contribution in [-0.4, -0.2) is 35.9 Å². The van der Waals surface area contributed by atoms with E-state index in [0.717, 1.165) is 26.3 Å². The normalized spacial score (nSPS) is 11.1. The molecule has 0 aliphatic heterocycles. The highest BCUT2D eigenvalue weighted by Crippen LogP contribution is 2.50. The molecule has 6 aromatic rings. The Morgan fingerprint density at radius 3 is 2.59 bits per heavy atom. The zero-order valence-electron chi connectivity index (χ0n) is 24.3. The molecule has 0 bridgehead atoms. The summed E-state index contributed by atoms with van der Waals surface area (Å²) in [7, 11) is 1.74. The number of nitrogen functional groups attached to an aromatic ring is 1. The molecule has 0 radical (unpaired) electrons. The first-order valence-corrected chi connectivity index (χ1v) is 14.3. The lowest BCUT2D eigenvalue weighted by Crippen LogP contribution is -2.11. The van der Waals surface area contributed by atoms with Gasteiger partial charge in [0.05, 0.1) is 10.9 Å². The van der Waals surface area contributed by atoms with Crippen molar-refractivity contribution in [1.29, 1.82) is 0 Å². The number of fused-ring (bicyclic) bond motifs is 1. The molecule has 10 nitrogen and oxygen atoms in total. The standard InChI is InChI=1S/C32H27FN8O2S/c1-16(2)31(42)39-20-7-8-21(17(3)12-20)28-26(19-6-9-25(23(33)13-19)43-32-35-11-10-18(4)38-32)27-29(44-28)22(14-36-30(27)34)24-15-37-41(5)40-24/h6-15H,1H2,2-5H3,(H2,34,36)(H,39,42). The predicted octanol–water partition coefficient (Wildman–Crippen LogP) is 6.86. The number of nitrogens with two attached hydrogens (primary N) is 1. The lowest BCUT2D eigenvalue weighted by molar-refractivity contribution is -0.112. The molecule has 4 aromatic heterocycles. The van der Waals surface area contributed by atoms with Crippen LogP contribution >= 0.6 is 11.3 Å². The molecule has 0 atom stereocenters. The van der Waals surface area contributed by atoms with Crippen molar-refractivity contribution in [1.82, 2.24) is 29.9 Å². The van der Waals surface area contributed by atoms with Gasteiger partial charge in [-0.3, -0.25) is 4.79 Å². The topological polar surface area (TPSA) is 134 Å². The number of rotatable bonds is 7. The molecule has 0 aliphatic rings. The number of thiophene rings is 1. The highest BCUT2D eigenvalue weighted by Gasteiger charge is 2.24. The van der Waals surface area contributed by atoms with E-state index >= 15 is 4.39 Å². The molecule has 220 valence electrons. The number of pyridine rings is 1. The van der Waals surface area contributed by atoms with Crippen molar-refractivity contribution < 1.29 is 13.9 Å². The number of ether oxygens (including phenoxy) is 1. The number of aromatic nitrogens is 6. The fraction of sp³-hybridized carbons (Fsp3) is 0.125. The molecule has 1 amide bonds. The summed E-state index contributed by atoms with van der Waals surface area (Å²) in [5, 5.41) is 12.2. The number of hydrogen-bond donors (Lipinski definition) is 2. The van der Waals surface area contributed by atoms with Crippen LogP contribution in [-0.2, 0) is 11.8 Å². The average molecular weight is 607 g/mol. The third kappa shape index (κ3) is 5.38. The summed E-state index contributed by atoms with van der Waals surface area (Å²) >= 11 is 1.50. The molecule has 44 heavy (non-hydrogen) atoms. The van der Waals surface area contributed by atoms with E-state index in [1.54, 1.807) is 57.7 Å². The molecule has 0 aliphatic carbocycles. The van der Waals surface area contributed by atoms with Crippen LogP contribution in [0.1, 0.15) is 18.2 Å². The van der Waals surface area contributed by atoms with E-state index in [0.29, 0.717) is 45.0 Å². The summed E-state index contributed by atoms with van der Waals surface area (Å²) in [5.41, 5.74) is 12.7. The van der Waals surface area contributed by atoms with Crippen molar-refractivity contribution in [2.45, 2.75) is 20.8 Å². The summed E-state index contributed by atoms with van der Waals surface area (Å²) in [4.78, 5) is 27.3. The van der Waals surface area contributed by atoms with E-state index in [9.17, 15) is 4.79 Å². The van der Waals surface area contributed by atoms with Crippen LogP contribution in [0, 0.1) is 19.7 Å². The Hall–Kier alpha value is -5.49. The zero-order chi connectivity index (χ0) is 31.1. The van der Waals surface area contributed by atoms with E-state index in [1.807, 2.05) is 25.1 Å². The van der Waals surface area contributed by atoms with Gasteiger partial charge in [0.15, 0.2) is 11.6 Å². The summed E-state index contributed by atoms with van der Waals surface area (Å²) in [6, 6.07) is 12.1. The molecule has 12 heteroatoms. The molecule has 6 rings (SSSR count). The first-order chi connectivity index (χ1) is 21.1. The maximum absolute atomic E-state index is 15.6. The monoisotopic (exact) mass is 606 g/mol. The molecule has 2 aromatic carbocycles. The smallest absolute Gasteiger partial charge is 0.322 e. The van der Waals surface area contributed by atoms with Crippen molar-refractivity contribution >= 4 is 38.8 Å². The lowest BCUT2D eigenvalue weighted by Gasteiger charge is -2.12. The highest BCUT2D eigenvalue weighted by atomic mass is 32.1. The first-order valence-electron chi connectivity index (χ1n) is 13.5. The van der Waals surface area contributed by atoms with E-state index in [-0.39, 0.29) is 17.7 Å². The largest absolute Gasteiger partial charge is 0.421 e. The lowest BCUT2D eigenvalue weighted by atomic mass is 9.96. The molecule has 0 saturated heterocycles. The van der Waals surface area contributed by atoms with Crippen molar-refractivity contribution in [3.05, 3.63) is 90.3 Å². The van der Waals surface area contributed by atoms with Crippen LogP contribution in [0.4, 0.5) is 15.9 Å². The minimum Gasteiger partial charge on any atom is -0.421 e. The maximum Gasteiger partial charge on any atom is 0.322 e. The second kappa shape index (κ2) is 11.3. The highest BCUT2D eigenvalue weighted by molar-refractivity contribution is 7.23. The fourth-order valence-corrected chi connectivity index (χ4v) is 6.23. The van der Waals surface area contributed by atoms with Gasteiger partial charge in [-0.2, -0.15) is 15.0 Å². The van der Waals surface area contributed by atoms with Gasteiger partial charge in [-0.05, 0) is 67.8 Å². The molecular weight excluding hydrogens is 579 g/mol. The Labute approximate surface area is 256 Å². The number of aryl methyl sites for hydroxylation is 3. The number of halogens is 1. The van der Waals surface area contributed by atoms with E-state index < -0.39 is 5.82 Å². The van der Waals surface area contributed by atoms with Crippen LogP contribution < -0.4 is 15.8 Å².